The van der Waals surface area contributed by atoms with Crippen LogP contribution in [-0.4, -0.2) is 24.4 Å². The Morgan fingerprint density at radius 2 is 2.12 bits per heavy atom. The van der Waals surface area contributed by atoms with E-state index < -0.39 is 6.10 Å². The number of hydrogen-bond donors (Lipinski definition) is 2. The fraction of sp³-hybridized carbons (Fsp3) is 0.571. The SMILES string of the molecule is CCc1ccc(OC)c(CCC(O)C(C)N)c1. The molecule has 0 aliphatic rings. The van der Waals surface area contributed by atoms with Crippen molar-refractivity contribution in [3.63, 3.8) is 0 Å². The van der Waals surface area contributed by atoms with Crippen LogP contribution in [0.15, 0.2) is 18.2 Å². The van der Waals surface area contributed by atoms with Gasteiger partial charge in [0.2, 0.25) is 0 Å². The number of nitrogens with two attached hydrogens (primary N) is 1. The Kier molecular flexibility index (Phi) is 5.45. The lowest BCUT2D eigenvalue weighted by Gasteiger charge is -2.16. The second-order valence-corrected chi connectivity index (χ2v) is 4.46. The molecule has 0 aromatic heterocycles. The van der Waals surface area contributed by atoms with Crippen molar-refractivity contribution in [3.05, 3.63) is 29.3 Å². The Hall–Kier alpha value is -1.06. The van der Waals surface area contributed by atoms with Crippen LogP contribution in [0.4, 0.5) is 0 Å². The number of aliphatic hydroxyl groups excluding tert-OH is 1. The lowest BCUT2D eigenvalue weighted by atomic mass is 10.00. The highest BCUT2D eigenvalue weighted by atomic mass is 16.5. The second-order valence-electron chi connectivity index (χ2n) is 4.46. The predicted octanol–water partition coefficient (Wildman–Crippen LogP) is 1.90. The average molecular weight is 237 g/mol. The molecule has 2 atom stereocenters. The van der Waals surface area contributed by atoms with E-state index in [2.05, 4.69) is 19.1 Å². The monoisotopic (exact) mass is 237 g/mol. The molecule has 3 heteroatoms. The molecule has 0 aliphatic carbocycles. The van der Waals surface area contributed by atoms with Gasteiger partial charge in [0.1, 0.15) is 5.75 Å². The topological polar surface area (TPSA) is 55.5 Å². The minimum Gasteiger partial charge on any atom is -0.496 e. The van der Waals surface area contributed by atoms with Gasteiger partial charge in [0, 0.05) is 6.04 Å². The summed E-state index contributed by atoms with van der Waals surface area (Å²) in [6.07, 6.45) is 2.01. The summed E-state index contributed by atoms with van der Waals surface area (Å²) in [6, 6.07) is 6.03. The summed E-state index contributed by atoms with van der Waals surface area (Å²) in [5.41, 5.74) is 8.08. The van der Waals surface area contributed by atoms with Crippen LogP contribution >= 0.6 is 0 Å². The van der Waals surface area contributed by atoms with Gasteiger partial charge in [0.05, 0.1) is 13.2 Å². The summed E-state index contributed by atoms with van der Waals surface area (Å²) < 4.78 is 5.32. The van der Waals surface area contributed by atoms with Crippen molar-refractivity contribution >= 4 is 0 Å². The smallest absolute Gasteiger partial charge is 0.122 e. The largest absolute Gasteiger partial charge is 0.496 e. The number of aryl methyl sites for hydroxylation is 2. The first-order valence-corrected chi connectivity index (χ1v) is 6.18. The summed E-state index contributed by atoms with van der Waals surface area (Å²) in [5.74, 6) is 0.888. The van der Waals surface area contributed by atoms with E-state index in [1.807, 2.05) is 13.0 Å². The minimum atomic E-state index is -0.454. The summed E-state index contributed by atoms with van der Waals surface area (Å²) in [5, 5.41) is 9.71. The highest BCUT2D eigenvalue weighted by molar-refractivity contribution is 5.37. The van der Waals surface area contributed by atoms with Crippen molar-refractivity contribution in [1.82, 2.24) is 0 Å². The number of methoxy groups -OCH3 is 1. The third-order valence-corrected chi connectivity index (χ3v) is 3.07. The van der Waals surface area contributed by atoms with Gasteiger partial charge in [-0.15, -0.1) is 0 Å². The van der Waals surface area contributed by atoms with Crippen molar-refractivity contribution in [2.24, 2.45) is 5.73 Å². The predicted molar refractivity (Wildman–Crippen MR) is 70.3 cm³/mol. The third kappa shape index (κ3) is 4.02. The van der Waals surface area contributed by atoms with Crippen LogP contribution in [0.3, 0.4) is 0 Å². The van der Waals surface area contributed by atoms with Gasteiger partial charge >= 0.3 is 0 Å². The second kappa shape index (κ2) is 6.62. The van der Waals surface area contributed by atoms with E-state index in [1.165, 1.54) is 5.56 Å². The van der Waals surface area contributed by atoms with Crippen LogP contribution in [0.1, 0.15) is 31.4 Å². The first-order chi connectivity index (χ1) is 8.08. The van der Waals surface area contributed by atoms with Crippen LogP contribution in [0.2, 0.25) is 0 Å². The van der Waals surface area contributed by atoms with Gasteiger partial charge in [-0.25, -0.2) is 0 Å². The molecule has 96 valence electrons. The van der Waals surface area contributed by atoms with E-state index in [0.717, 1.165) is 24.2 Å². The van der Waals surface area contributed by atoms with Gasteiger partial charge < -0.3 is 15.6 Å². The summed E-state index contributed by atoms with van der Waals surface area (Å²) in [7, 11) is 1.67. The van der Waals surface area contributed by atoms with Crippen LogP contribution < -0.4 is 10.5 Å². The molecule has 1 aromatic carbocycles. The summed E-state index contributed by atoms with van der Waals surface area (Å²) in [6.45, 7) is 3.95. The Bertz CT molecular complexity index is 350. The van der Waals surface area contributed by atoms with E-state index in [1.54, 1.807) is 7.11 Å². The standard InChI is InChI=1S/C14H23NO2/c1-4-11-5-8-14(17-3)12(9-11)6-7-13(16)10(2)15/h5,8-10,13,16H,4,6-7,15H2,1-3H3. The lowest BCUT2D eigenvalue weighted by Crippen LogP contribution is -2.31. The van der Waals surface area contributed by atoms with Crippen LogP contribution in [-0.2, 0) is 12.8 Å². The molecule has 0 bridgehead atoms. The van der Waals surface area contributed by atoms with Crippen LogP contribution in [0, 0.1) is 0 Å². The van der Waals surface area contributed by atoms with E-state index in [4.69, 9.17) is 10.5 Å². The summed E-state index contributed by atoms with van der Waals surface area (Å²) >= 11 is 0. The molecule has 0 fully saturated rings. The average Bonchev–Trinajstić information content (AvgIpc) is 2.35. The highest BCUT2D eigenvalue weighted by Gasteiger charge is 2.11. The molecule has 0 spiro atoms. The third-order valence-electron chi connectivity index (χ3n) is 3.07. The Balaban J connectivity index is 2.74. The molecule has 0 saturated carbocycles. The molecular formula is C14H23NO2. The van der Waals surface area contributed by atoms with Crippen molar-refractivity contribution in [2.45, 2.75) is 45.3 Å². The van der Waals surface area contributed by atoms with Crippen molar-refractivity contribution < 1.29 is 9.84 Å². The minimum absolute atomic E-state index is 0.185. The van der Waals surface area contributed by atoms with E-state index in [0.29, 0.717) is 6.42 Å². The molecule has 17 heavy (non-hydrogen) atoms. The zero-order valence-electron chi connectivity index (χ0n) is 10.9. The Morgan fingerprint density at radius 1 is 1.41 bits per heavy atom. The van der Waals surface area contributed by atoms with Crippen molar-refractivity contribution in [3.8, 4) is 5.75 Å². The Labute approximate surface area is 104 Å². The number of ether oxygens (including phenoxy) is 1. The van der Waals surface area contributed by atoms with Gasteiger partial charge in [-0.2, -0.15) is 0 Å². The number of hydrogen-bond acceptors (Lipinski definition) is 3. The number of rotatable bonds is 6. The van der Waals surface area contributed by atoms with E-state index >= 15 is 0 Å². The highest BCUT2D eigenvalue weighted by Crippen LogP contribution is 2.22. The molecule has 0 saturated heterocycles. The maximum atomic E-state index is 9.71. The molecular weight excluding hydrogens is 214 g/mol. The molecule has 1 rings (SSSR count). The van der Waals surface area contributed by atoms with Crippen molar-refractivity contribution in [2.75, 3.05) is 7.11 Å². The zero-order chi connectivity index (χ0) is 12.8. The maximum Gasteiger partial charge on any atom is 0.122 e. The number of benzene rings is 1. The molecule has 0 heterocycles. The van der Waals surface area contributed by atoms with Crippen LogP contribution in [0.5, 0.6) is 5.75 Å². The molecule has 0 radical (unpaired) electrons. The van der Waals surface area contributed by atoms with Crippen molar-refractivity contribution in [1.29, 1.82) is 0 Å². The lowest BCUT2D eigenvalue weighted by molar-refractivity contribution is 0.141. The first kappa shape index (κ1) is 14.0. The van der Waals surface area contributed by atoms with E-state index in [-0.39, 0.29) is 6.04 Å². The fourth-order valence-electron chi connectivity index (χ4n) is 1.81. The Morgan fingerprint density at radius 3 is 2.65 bits per heavy atom. The van der Waals surface area contributed by atoms with Crippen LogP contribution in [0.25, 0.3) is 0 Å². The molecule has 3 N–H and O–H groups in total. The zero-order valence-corrected chi connectivity index (χ0v) is 10.9. The molecule has 2 unspecified atom stereocenters. The van der Waals surface area contributed by atoms with E-state index in [9.17, 15) is 5.11 Å². The number of aliphatic hydroxyl groups is 1. The normalized spacial score (nSPS) is 14.4. The quantitative estimate of drug-likeness (QED) is 0.794. The van der Waals surface area contributed by atoms with Gasteiger partial charge in [-0.1, -0.05) is 19.1 Å². The fourth-order valence-corrected chi connectivity index (χ4v) is 1.81. The molecule has 3 nitrogen and oxygen atoms in total. The summed E-state index contributed by atoms with van der Waals surface area (Å²) in [4.78, 5) is 0. The first-order valence-electron chi connectivity index (χ1n) is 6.18. The van der Waals surface area contributed by atoms with Gasteiger partial charge in [0.15, 0.2) is 0 Å². The molecule has 0 aliphatic heterocycles. The van der Waals surface area contributed by atoms with Gasteiger partial charge in [-0.05, 0) is 43.4 Å². The maximum absolute atomic E-state index is 9.71. The molecule has 1 aromatic rings. The van der Waals surface area contributed by atoms with Gasteiger partial charge in [0.25, 0.3) is 0 Å². The molecule has 0 amide bonds. The van der Waals surface area contributed by atoms with Gasteiger partial charge in [-0.3, -0.25) is 0 Å².